The Bertz CT molecular complexity index is 2670. The zero-order valence-corrected chi connectivity index (χ0v) is 25.7. The first-order chi connectivity index (χ1) is 23.3. The molecule has 0 fully saturated rings. The van der Waals surface area contributed by atoms with Crippen LogP contribution in [0.2, 0.25) is 0 Å². The second-order valence-electron chi connectivity index (χ2n) is 12.6. The van der Waals surface area contributed by atoms with Crippen LogP contribution in [0.25, 0.3) is 76.5 Å². The molecule has 0 bridgehead atoms. The molecule has 9 aromatic rings. The monoisotopic (exact) mass is 595 g/mol. The van der Waals surface area contributed by atoms with Crippen molar-refractivity contribution in [3.63, 3.8) is 0 Å². The van der Waals surface area contributed by atoms with Gasteiger partial charge in [-0.05, 0) is 126 Å². The summed E-state index contributed by atoms with van der Waals surface area (Å²) in [5.74, 6) is 0. The minimum Gasteiger partial charge on any atom is -0.310 e. The Morgan fingerprint density at radius 1 is 0.277 bits per heavy atom. The van der Waals surface area contributed by atoms with E-state index in [1.54, 1.807) is 0 Å². The van der Waals surface area contributed by atoms with Crippen LogP contribution < -0.4 is 4.90 Å². The molecular formula is C46H29N. The lowest BCUT2D eigenvalue weighted by Crippen LogP contribution is -2.11. The van der Waals surface area contributed by atoms with Crippen LogP contribution in [0.4, 0.5) is 17.1 Å². The summed E-state index contributed by atoms with van der Waals surface area (Å²) in [4.78, 5) is 2.43. The molecule has 0 amide bonds. The van der Waals surface area contributed by atoms with Gasteiger partial charge in [-0.1, -0.05) is 121 Å². The summed E-state index contributed by atoms with van der Waals surface area (Å²) >= 11 is 0. The van der Waals surface area contributed by atoms with Gasteiger partial charge in [0.25, 0.3) is 0 Å². The van der Waals surface area contributed by atoms with Crippen molar-refractivity contribution in [3.8, 4) is 33.4 Å². The first kappa shape index (κ1) is 26.1. The maximum Gasteiger partial charge on any atom is 0.0540 e. The smallest absolute Gasteiger partial charge is 0.0540 e. The quantitative estimate of drug-likeness (QED) is 0.183. The van der Waals surface area contributed by atoms with Crippen molar-refractivity contribution < 1.29 is 0 Å². The summed E-state index contributed by atoms with van der Waals surface area (Å²) in [5.41, 5.74) is 11.2. The van der Waals surface area contributed by atoms with Gasteiger partial charge in [0, 0.05) is 16.8 Å². The van der Waals surface area contributed by atoms with Gasteiger partial charge in [0.1, 0.15) is 0 Å². The molecule has 0 unspecified atom stereocenters. The molecule has 1 aliphatic carbocycles. The lowest BCUT2D eigenvalue weighted by atomic mass is 9.78. The van der Waals surface area contributed by atoms with E-state index in [4.69, 9.17) is 0 Å². The average Bonchev–Trinajstić information content (AvgIpc) is 3.14. The largest absolute Gasteiger partial charge is 0.310 e. The van der Waals surface area contributed by atoms with E-state index in [0.717, 1.165) is 11.4 Å². The van der Waals surface area contributed by atoms with E-state index in [-0.39, 0.29) is 0 Å². The van der Waals surface area contributed by atoms with E-state index in [2.05, 4.69) is 181 Å². The molecule has 0 aliphatic heterocycles. The second-order valence-corrected chi connectivity index (χ2v) is 12.6. The molecule has 0 N–H and O–H groups in total. The maximum absolute atomic E-state index is 2.43. The van der Waals surface area contributed by atoms with Gasteiger partial charge in [-0.3, -0.25) is 0 Å². The number of hydrogen-bond donors (Lipinski definition) is 0. The number of rotatable bonds is 4. The zero-order chi connectivity index (χ0) is 30.9. The SMILES string of the molecule is c1ccc(-c2ccc(N(c3ccc4c(ccc5ccccc54)c3)c3cccc4cc5c(cc34)-c3cc4ccccc4cc3-5)cc2)cc1. The molecule has 0 saturated heterocycles. The van der Waals surface area contributed by atoms with E-state index in [0.29, 0.717) is 0 Å². The molecule has 0 heterocycles. The van der Waals surface area contributed by atoms with Gasteiger partial charge < -0.3 is 4.90 Å². The van der Waals surface area contributed by atoms with Crippen molar-refractivity contribution in [2.75, 3.05) is 4.90 Å². The van der Waals surface area contributed by atoms with Gasteiger partial charge in [0.05, 0.1) is 5.69 Å². The Balaban J connectivity index is 1.17. The number of fused-ring (bicyclic) bond motifs is 9. The van der Waals surface area contributed by atoms with E-state index in [9.17, 15) is 0 Å². The molecule has 1 heteroatoms. The van der Waals surface area contributed by atoms with Crippen molar-refractivity contribution in [1.82, 2.24) is 0 Å². The molecule has 10 rings (SSSR count). The predicted octanol–water partition coefficient (Wildman–Crippen LogP) is 13.1. The summed E-state index contributed by atoms with van der Waals surface area (Å²) in [6, 6.07) is 64.5. The van der Waals surface area contributed by atoms with Gasteiger partial charge in [-0.25, -0.2) is 0 Å². The van der Waals surface area contributed by atoms with Crippen molar-refractivity contribution in [2.24, 2.45) is 0 Å². The standard InChI is InChI=1S/C46H29N/c1-2-9-30(10-3-1)31-19-21-37(22-20-31)47(38-23-24-40-36(25-38)18-17-32-11-6-7-15-39(32)40)46-16-8-14-35-28-44-42-26-33-12-4-5-13-34(33)27-43(42)45(44)29-41(35)46/h1-29H. The summed E-state index contributed by atoms with van der Waals surface area (Å²) in [7, 11) is 0. The lowest BCUT2D eigenvalue weighted by Gasteiger charge is -2.30. The molecule has 0 saturated carbocycles. The molecule has 0 atom stereocenters. The second kappa shape index (κ2) is 10.2. The summed E-state index contributed by atoms with van der Waals surface area (Å²) in [6.07, 6.45) is 0. The number of nitrogens with zero attached hydrogens (tertiary/aromatic N) is 1. The van der Waals surface area contributed by atoms with Crippen LogP contribution in [0.3, 0.4) is 0 Å². The highest BCUT2D eigenvalue weighted by Crippen LogP contribution is 2.52. The highest BCUT2D eigenvalue weighted by atomic mass is 15.1. The Kier molecular flexibility index (Phi) is 5.64. The normalized spacial score (nSPS) is 11.8. The van der Waals surface area contributed by atoms with Crippen molar-refractivity contribution in [3.05, 3.63) is 176 Å². The van der Waals surface area contributed by atoms with E-state index < -0.39 is 0 Å². The van der Waals surface area contributed by atoms with Gasteiger partial charge in [0.2, 0.25) is 0 Å². The number of hydrogen-bond acceptors (Lipinski definition) is 1. The molecule has 0 spiro atoms. The molecule has 0 aromatic heterocycles. The molecule has 0 radical (unpaired) electrons. The Labute approximate surface area is 273 Å². The van der Waals surface area contributed by atoms with Gasteiger partial charge in [0.15, 0.2) is 0 Å². The fourth-order valence-corrected chi connectivity index (χ4v) is 7.57. The number of benzene rings is 9. The van der Waals surface area contributed by atoms with E-state index >= 15 is 0 Å². The first-order valence-corrected chi connectivity index (χ1v) is 16.3. The summed E-state index contributed by atoms with van der Waals surface area (Å²) in [6.45, 7) is 0. The highest BCUT2D eigenvalue weighted by Gasteiger charge is 2.25. The minimum absolute atomic E-state index is 1.13. The topological polar surface area (TPSA) is 3.24 Å². The van der Waals surface area contributed by atoms with Crippen LogP contribution in [-0.2, 0) is 0 Å². The van der Waals surface area contributed by atoms with Crippen molar-refractivity contribution >= 4 is 60.2 Å². The zero-order valence-electron chi connectivity index (χ0n) is 25.7. The highest BCUT2D eigenvalue weighted by molar-refractivity contribution is 6.14. The average molecular weight is 596 g/mol. The fraction of sp³-hybridized carbons (Fsp3) is 0. The minimum atomic E-state index is 1.13. The molecule has 1 aliphatic rings. The molecular weight excluding hydrogens is 567 g/mol. The van der Waals surface area contributed by atoms with Crippen LogP contribution in [0.1, 0.15) is 0 Å². The summed E-state index contributed by atoms with van der Waals surface area (Å²) < 4.78 is 0. The molecule has 47 heavy (non-hydrogen) atoms. The third kappa shape index (κ3) is 4.10. The summed E-state index contributed by atoms with van der Waals surface area (Å²) in [5, 5.41) is 10.1. The van der Waals surface area contributed by atoms with Gasteiger partial charge in [-0.15, -0.1) is 0 Å². The third-order valence-electron chi connectivity index (χ3n) is 9.92. The molecule has 1 nitrogen and oxygen atoms in total. The Morgan fingerprint density at radius 2 is 0.809 bits per heavy atom. The van der Waals surface area contributed by atoms with Crippen molar-refractivity contribution in [2.45, 2.75) is 0 Å². The lowest BCUT2D eigenvalue weighted by molar-refractivity contribution is 1.30. The van der Waals surface area contributed by atoms with E-state index in [1.807, 2.05) is 0 Å². The third-order valence-corrected chi connectivity index (χ3v) is 9.92. The van der Waals surface area contributed by atoms with Gasteiger partial charge in [-0.2, -0.15) is 0 Å². The Hall–Kier alpha value is -6.18. The van der Waals surface area contributed by atoms with Gasteiger partial charge >= 0.3 is 0 Å². The fourth-order valence-electron chi connectivity index (χ4n) is 7.57. The number of anilines is 3. The van der Waals surface area contributed by atoms with E-state index in [1.165, 1.54) is 82.2 Å². The molecule has 9 aromatic carbocycles. The van der Waals surface area contributed by atoms with Crippen LogP contribution >= 0.6 is 0 Å². The van der Waals surface area contributed by atoms with Crippen LogP contribution in [0.15, 0.2) is 176 Å². The Morgan fingerprint density at radius 3 is 1.57 bits per heavy atom. The van der Waals surface area contributed by atoms with Crippen molar-refractivity contribution in [1.29, 1.82) is 0 Å². The first-order valence-electron chi connectivity index (χ1n) is 16.3. The van der Waals surface area contributed by atoms with Crippen LogP contribution in [-0.4, -0.2) is 0 Å². The predicted molar refractivity (Wildman–Crippen MR) is 201 cm³/mol. The van der Waals surface area contributed by atoms with Crippen LogP contribution in [0, 0.1) is 0 Å². The maximum atomic E-state index is 2.43. The molecule has 218 valence electrons. The van der Waals surface area contributed by atoms with Crippen LogP contribution in [0.5, 0.6) is 0 Å².